The summed E-state index contributed by atoms with van der Waals surface area (Å²) in [6.45, 7) is 1.56. The number of nitrogens with zero attached hydrogens (tertiary/aromatic N) is 1. The third-order valence-electron chi connectivity index (χ3n) is 3.68. The second-order valence-corrected chi connectivity index (χ2v) is 5.66. The monoisotopic (exact) mass is 309 g/mol. The highest BCUT2D eigenvalue weighted by Crippen LogP contribution is 2.37. The van der Waals surface area contributed by atoms with Gasteiger partial charge in [-0.15, -0.1) is 0 Å². The van der Waals surface area contributed by atoms with Gasteiger partial charge in [0, 0.05) is 20.1 Å². The first-order chi connectivity index (χ1) is 9.61. The van der Waals surface area contributed by atoms with Gasteiger partial charge < -0.3 is 15.5 Å². The highest BCUT2D eigenvalue weighted by atomic mass is 19.4. The molecule has 3 amide bonds. The molecule has 0 aliphatic heterocycles. The highest BCUT2D eigenvalue weighted by Gasteiger charge is 2.41. The minimum atomic E-state index is -4.15. The van der Waals surface area contributed by atoms with Crippen molar-refractivity contribution in [3.05, 3.63) is 0 Å². The van der Waals surface area contributed by atoms with Crippen LogP contribution < -0.4 is 10.6 Å². The smallest absolute Gasteiger partial charge is 0.347 e. The van der Waals surface area contributed by atoms with E-state index in [4.69, 9.17) is 0 Å². The fourth-order valence-corrected chi connectivity index (χ4v) is 2.44. The van der Waals surface area contributed by atoms with Crippen molar-refractivity contribution in [3.8, 4) is 0 Å². The van der Waals surface area contributed by atoms with E-state index in [1.54, 1.807) is 21.0 Å². The largest absolute Gasteiger partial charge is 0.391 e. The van der Waals surface area contributed by atoms with Crippen LogP contribution in [0.25, 0.3) is 0 Å². The Hall–Kier alpha value is -1.47. The van der Waals surface area contributed by atoms with Crippen molar-refractivity contribution >= 4 is 11.9 Å². The summed E-state index contributed by atoms with van der Waals surface area (Å²) in [6, 6.07) is -1.47. The summed E-state index contributed by atoms with van der Waals surface area (Å²) in [5, 5.41) is 5.11. The standard InChI is InChI=1S/C13H22F3N3O2/c1-8(11(20)19(2)3)17-12(21)18-10-6-4-9(5-7-10)13(14,15)16/h8-10H,4-7H2,1-3H3,(H2,17,18,21)/t8-,9?,10?/m0/s1. The number of urea groups is 1. The Morgan fingerprint density at radius 1 is 1.14 bits per heavy atom. The molecule has 1 aliphatic rings. The van der Waals surface area contributed by atoms with Crippen LogP contribution in [0.1, 0.15) is 32.6 Å². The third kappa shape index (κ3) is 5.43. The van der Waals surface area contributed by atoms with Crippen molar-refractivity contribution in [2.45, 2.75) is 50.9 Å². The fourth-order valence-electron chi connectivity index (χ4n) is 2.44. The van der Waals surface area contributed by atoms with E-state index in [0.717, 1.165) is 0 Å². The van der Waals surface area contributed by atoms with Crippen LogP contribution in [0.3, 0.4) is 0 Å². The Morgan fingerprint density at radius 2 is 1.67 bits per heavy atom. The van der Waals surface area contributed by atoms with Crippen LogP contribution >= 0.6 is 0 Å². The number of likely N-dealkylation sites (N-methyl/N-ethyl adjacent to an activating group) is 1. The van der Waals surface area contributed by atoms with Gasteiger partial charge in [0.15, 0.2) is 0 Å². The number of rotatable bonds is 3. The lowest BCUT2D eigenvalue weighted by Crippen LogP contribution is -2.51. The molecule has 0 spiro atoms. The normalized spacial score (nSPS) is 24.1. The number of hydrogen-bond acceptors (Lipinski definition) is 2. The number of carbonyl (C=O) groups excluding carboxylic acids is 2. The molecule has 21 heavy (non-hydrogen) atoms. The van der Waals surface area contributed by atoms with Gasteiger partial charge in [-0.05, 0) is 32.6 Å². The summed E-state index contributed by atoms with van der Waals surface area (Å²) >= 11 is 0. The summed E-state index contributed by atoms with van der Waals surface area (Å²) in [7, 11) is 3.16. The second-order valence-electron chi connectivity index (χ2n) is 5.66. The molecule has 1 saturated carbocycles. The molecule has 122 valence electrons. The van der Waals surface area contributed by atoms with Gasteiger partial charge in [-0.3, -0.25) is 4.79 Å². The average Bonchev–Trinajstić information content (AvgIpc) is 2.36. The predicted molar refractivity (Wildman–Crippen MR) is 71.6 cm³/mol. The van der Waals surface area contributed by atoms with E-state index in [0.29, 0.717) is 12.8 Å². The van der Waals surface area contributed by atoms with E-state index < -0.39 is 24.2 Å². The van der Waals surface area contributed by atoms with Crippen molar-refractivity contribution < 1.29 is 22.8 Å². The fraction of sp³-hybridized carbons (Fsp3) is 0.846. The van der Waals surface area contributed by atoms with Gasteiger partial charge in [-0.25, -0.2) is 4.79 Å². The van der Waals surface area contributed by atoms with Gasteiger partial charge in [0.05, 0.1) is 5.92 Å². The van der Waals surface area contributed by atoms with E-state index in [1.165, 1.54) is 4.90 Å². The maximum atomic E-state index is 12.5. The molecule has 0 bridgehead atoms. The van der Waals surface area contributed by atoms with Crippen molar-refractivity contribution in [2.24, 2.45) is 5.92 Å². The molecule has 8 heteroatoms. The first-order valence-corrected chi connectivity index (χ1v) is 6.96. The Morgan fingerprint density at radius 3 is 2.10 bits per heavy atom. The molecule has 1 atom stereocenters. The zero-order valence-electron chi connectivity index (χ0n) is 12.5. The molecule has 5 nitrogen and oxygen atoms in total. The van der Waals surface area contributed by atoms with E-state index in [-0.39, 0.29) is 24.8 Å². The summed E-state index contributed by atoms with van der Waals surface area (Å²) < 4.78 is 37.6. The SMILES string of the molecule is C[C@H](NC(=O)NC1CCC(C(F)(F)F)CC1)C(=O)N(C)C. The molecule has 0 heterocycles. The Kier molecular flexibility index (Phi) is 5.86. The van der Waals surface area contributed by atoms with Crippen LogP contribution in [0.2, 0.25) is 0 Å². The summed E-state index contributed by atoms with van der Waals surface area (Å²) in [5.41, 5.74) is 0. The Balaban J connectivity index is 2.36. The number of carbonyl (C=O) groups is 2. The van der Waals surface area contributed by atoms with Gasteiger partial charge in [0.2, 0.25) is 5.91 Å². The molecular weight excluding hydrogens is 287 g/mol. The number of halogens is 3. The van der Waals surface area contributed by atoms with Gasteiger partial charge in [0.1, 0.15) is 6.04 Å². The lowest BCUT2D eigenvalue weighted by Gasteiger charge is -2.30. The second kappa shape index (κ2) is 7.00. The zero-order valence-corrected chi connectivity index (χ0v) is 12.5. The number of nitrogens with one attached hydrogen (secondary N) is 2. The minimum absolute atomic E-state index is 0.0284. The topological polar surface area (TPSA) is 61.4 Å². The average molecular weight is 309 g/mol. The molecule has 0 aromatic rings. The van der Waals surface area contributed by atoms with Crippen LogP contribution in [0, 0.1) is 5.92 Å². The van der Waals surface area contributed by atoms with E-state index in [2.05, 4.69) is 10.6 Å². The van der Waals surface area contributed by atoms with Crippen molar-refractivity contribution in [1.82, 2.24) is 15.5 Å². The summed E-state index contributed by atoms with van der Waals surface area (Å²) in [6.07, 6.45) is -3.50. The molecule has 0 unspecified atom stereocenters. The first kappa shape index (κ1) is 17.6. The summed E-state index contributed by atoms with van der Waals surface area (Å²) in [4.78, 5) is 24.7. The predicted octanol–water partition coefficient (Wildman–Crippen LogP) is 1.88. The van der Waals surface area contributed by atoms with Crippen molar-refractivity contribution in [3.63, 3.8) is 0 Å². The Bertz CT molecular complexity index is 377. The van der Waals surface area contributed by atoms with Crippen LogP contribution in [0.5, 0.6) is 0 Å². The molecule has 0 aromatic heterocycles. The number of alkyl halides is 3. The highest BCUT2D eigenvalue weighted by molar-refractivity contribution is 5.86. The van der Waals surface area contributed by atoms with Crippen LogP contribution in [0.15, 0.2) is 0 Å². The summed E-state index contributed by atoms with van der Waals surface area (Å²) in [5.74, 6) is -1.52. The van der Waals surface area contributed by atoms with Crippen LogP contribution in [0.4, 0.5) is 18.0 Å². The van der Waals surface area contributed by atoms with E-state index in [1.807, 2.05) is 0 Å². The van der Waals surface area contributed by atoms with Crippen LogP contribution in [-0.4, -0.2) is 49.2 Å². The molecule has 1 aliphatic carbocycles. The lowest BCUT2D eigenvalue weighted by atomic mass is 9.86. The molecular formula is C13H22F3N3O2. The first-order valence-electron chi connectivity index (χ1n) is 6.96. The van der Waals surface area contributed by atoms with Gasteiger partial charge in [-0.1, -0.05) is 0 Å². The van der Waals surface area contributed by atoms with Gasteiger partial charge >= 0.3 is 12.2 Å². The van der Waals surface area contributed by atoms with Gasteiger partial charge in [0.25, 0.3) is 0 Å². The molecule has 1 fully saturated rings. The molecule has 1 rings (SSSR count). The molecule has 0 aromatic carbocycles. The third-order valence-corrected chi connectivity index (χ3v) is 3.68. The van der Waals surface area contributed by atoms with Crippen LogP contribution in [-0.2, 0) is 4.79 Å². The maximum absolute atomic E-state index is 12.5. The quantitative estimate of drug-likeness (QED) is 0.836. The van der Waals surface area contributed by atoms with Gasteiger partial charge in [-0.2, -0.15) is 13.2 Å². The number of amides is 3. The van der Waals surface area contributed by atoms with E-state index in [9.17, 15) is 22.8 Å². The Labute approximate surface area is 122 Å². The van der Waals surface area contributed by atoms with Crippen molar-refractivity contribution in [1.29, 1.82) is 0 Å². The minimum Gasteiger partial charge on any atom is -0.347 e. The molecule has 0 saturated heterocycles. The number of hydrogen-bond donors (Lipinski definition) is 2. The van der Waals surface area contributed by atoms with Crippen molar-refractivity contribution in [2.75, 3.05) is 14.1 Å². The molecule has 2 N–H and O–H groups in total. The lowest BCUT2D eigenvalue weighted by molar-refractivity contribution is -0.182. The van der Waals surface area contributed by atoms with E-state index >= 15 is 0 Å². The maximum Gasteiger partial charge on any atom is 0.391 e. The molecule has 0 radical (unpaired) electrons. The zero-order chi connectivity index (χ0) is 16.2.